The van der Waals surface area contributed by atoms with E-state index in [0.29, 0.717) is 30.2 Å². The van der Waals surface area contributed by atoms with E-state index in [1.165, 1.54) is 29.2 Å². The summed E-state index contributed by atoms with van der Waals surface area (Å²) in [5.74, 6) is -0.312. The summed E-state index contributed by atoms with van der Waals surface area (Å²) in [6.45, 7) is 0.297. The highest BCUT2D eigenvalue weighted by Crippen LogP contribution is 2.34. The molecule has 4 rings (SSSR count). The van der Waals surface area contributed by atoms with Crippen LogP contribution in [-0.4, -0.2) is 49.4 Å². The molecular formula is C24H25FN2O5. The first-order valence-electron chi connectivity index (χ1n) is 10.6. The number of hydrogen-bond donors (Lipinski definition) is 0. The highest BCUT2D eigenvalue weighted by Gasteiger charge is 2.46. The summed E-state index contributed by atoms with van der Waals surface area (Å²) < 4.78 is 23.9. The fourth-order valence-electron chi connectivity index (χ4n) is 3.99. The minimum Gasteiger partial charge on any atom is -0.493 e. The number of imide groups is 1. The Morgan fingerprint density at radius 1 is 1.06 bits per heavy atom. The summed E-state index contributed by atoms with van der Waals surface area (Å²) in [5, 5.41) is 0. The Kier molecular flexibility index (Phi) is 6.12. The Labute approximate surface area is 185 Å². The molecule has 1 unspecified atom stereocenters. The lowest BCUT2D eigenvalue weighted by molar-refractivity contribution is -0.139. The quantitative estimate of drug-likeness (QED) is 0.590. The van der Waals surface area contributed by atoms with Crippen LogP contribution in [0.5, 0.6) is 11.5 Å². The summed E-state index contributed by atoms with van der Waals surface area (Å²) in [5.41, 5.74) is 1.23. The Morgan fingerprint density at radius 2 is 1.75 bits per heavy atom. The number of rotatable bonds is 8. The summed E-state index contributed by atoms with van der Waals surface area (Å²) in [7, 11) is 3.11. The molecule has 168 valence electrons. The third-order valence-corrected chi connectivity index (χ3v) is 5.88. The second-order valence-corrected chi connectivity index (χ2v) is 8.01. The Morgan fingerprint density at radius 3 is 2.38 bits per heavy atom. The number of methoxy groups -OCH3 is 2. The van der Waals surface area contributed by atoms with Crippen molar-refractivity contribution in [1.29, 1.82) is 0 Å². The van der Waals surface area contributed by atoms with Gasteiger partial charge in [0.2, 0.25) is 11.8 Å². The first kappa shape index (κ1) is 21.8. The third kappa shape index (κ3) is 4.30. The van der Waals surface area contributed by atoms with Crippen LogP contribution >= 0.6 is 0 Å². The molecule has 1 saturated carbocycles. The van der Waals surface area contributed by atoms with Gasteiger partial charge in [0.1, 0.15) is 11.9 Å². The molecule has 0 radical (unpaired) electrons. The van der Waals surface area contributed by atoms with E-state index in [1.807, 2.05) is 12.1 Å². The molecule has 2 fully saturated rings. The maximum absolute atomic E-state index is 13.3. The summed E-state index contributed by atoms with van der Waals surface area (Å²) in [4.78, 5) is 41.4. The second-order valence-electron chi connectivity index (χ2n) is 8.01. The number of anilines is 1. The predicted molar refractivity (Wildman–Crippen MR) is 115 cm³/mol. The van der Waals surface area contributed by atoms with E-state index in [4.69, 9.17) is 9.47 Å². The van der Waals surface area contributed by atoms with Crippen LogP contribution in [-0.2, 0) is 20.8 Å². The molecule has 8 heteroatoms. The minimum atomic E-state index is -0.860. The van der Waals surface area contributed by atoms with Gasteiger partial charge < -0.3 is 14.4 Å². The van der Waals surface area contributed by atoms with Crippen LogP contribution < -0.4 is 14.4 Å². The molecule has 1 atom stereocenters. The fourth-order valence-corrected chi connectivity index (χ4v) is 3.99. The zero-order chi connectivity index (χ0) is 22.8. The normalized spacial score (nSPS) is 18.1. The van der Waals surface area contributed by atoms with Gasteiger partial charge in [-0.2, -0.15) is 0 Å². The first-order chi connectivity index (χ1) is 15.4. The van der Waals surface area contributed by atoms with Crippen molar-refractivity contribution in [2.75, 3.05) is 25.7 Å². The molecule has 32 heavy (non-hydrogen) atoms. The molecule has 2 aromatic carbocycles. The molecule has 2 aliphatic rings. The van der Waals surface area contributed by atoms with Crippen LogP contribution in [0, 0.1) is 11.7 Å². The maximum atomic E-state index is 13.3. The predicted octanol–water partition coefficient (Wildman–Crippen LogP) is 2.96. The topological polar surface area (TPSA) is 76.2 Å². The molecule has 0 aromatic heterocycles. The van der Waals surface area contributed by atoms with Gasteiger partial charge in [-0.1, -0.05) is 6.07 Å². The lowest BCUT2D eigenvalue weighted by Crippen LogP contribution is -2.47. The van der Waals surface area contributed by atoms with Gasteiger partial charge in [-0.05, 0) is 61.2 Å². The van der Waals surface area contributed by atoms with E-state index >= 15 is 0 Å². The van der Waals surface area contributed by atoms with Crippen molar-refractivity contribution in [2.24, 2.45) is 5.92 Å². The third-order valence-electron chi connectivity index (χ3n) is 5.88. The number of halogens is 1. The van der Waals surface area contributed by atoms with E-state index < -0.39 is 23.7 Å². The van der Waals surface area contributed by atoms with Crippen LogP contribution in [0.1, 0.15) is 24.8 Å². The molecule has 3 amide bonds. The van der Waals surface area contributed by atoms with Gasteiger partial charge in [0, 0.05) is 12.5 Å². The molecule has 1 heterocycles. The van der Waals surface area contributed by atoms with Crippen molar-refractivity contribution in [3.05, 3.63) is 53.8 Å². The molecule has 0 bridgehead atoms. The monoisotopic (exact) mass is 440 g/mol. The first-order valence-corrected chi connectivity index (χ1v) is 10.6. The SMILES string of the molecule is COc1ccc(CCN(C(=O)C2CC2)C2CC(=O)N(c3ccc(F)cc3)C2=O)cc1OC. The van der Waals surface area contributed by atoms with Gasteiger partial charge in [0.25, 0.3) is 5.91 Å². The van der Waals surface area contributed by atoms with Crippen molar-refractivity contribution < 1.29 is 28.2 Å². The van der Waals surface area contributed by atoms with Gasteiger partial charge in [0.05, 0.1) is 26.3 Å². The highest BCUT2D eigenvalue weighted by molar-refractivity contribution is 6.23. The number of nitrogens with zero attached hydrogens (tertiary/aromatic N) is 2. The van der Waals surface area contributed by atoms with Crippen LogP contribution in [0.25, 0.3) is 0 Å². The van der Waals surface area contributed by atoms with Gasteiger partial charge in [0.15, 0.2) is 11.5 Å². The Balaban J connectivity index is 1.54. The summed E-state index contributed by atoms with van der Waals surface area (Å²) >= 11 is 0. The van der Waals surface area contributed by atoms with E-state index in [-0.39, 0.29) is 18.2 Å². The van der Waals surface area contributed by atoms with Crippen LogP contribution in [0.15, 0.2) is 42.5 Å². The Hall–Kier alpha value is -3.42. The van der Waals surface area contributed by atoms with Crippen molar-refractivity contribution in [2.45, 2.75) is 31.7 Å². The zero-order valence-electron chi connectivity index (χ0n) is 18.0. The number of ether oxygens (including phenoxy) is 2. The molecular weight excluding hydrogens is 415 g/mol. The Bertz CT molecular complexity index is 1040. The zero-order valence-corrected chi connectivity index (χ0v) is 18.0. The number of benzene rings is 2. The van der Waals surface area contributed by atoms with Gasteiger partial charge in [-0.25, -0.2) is 9.29 Å². The largest absolute Gasteiger partial charge is 0.493 e. The van der Waals surface area contributed by atoms with Crippen LogP contribution in [0.4, 0.5) is 10.1 Å². The van der Waals surface area contributed by atoms with E-state index in [9.17, 15) is 18.8 Å². The summed E-state index contributed by atoms with van der Waals surface area (Å²) in [6, 6.07) is 9.84. The standard InChI is InChI=1S/C24H25FN2O5/c1-31-20-10-3-15(13-21(20)32-2)11-12-26(23(29)16-4-5-16)19-14-22(28)27(24(19)30)18-8-6-17(25)7-9-18/h3,6-10,13,16,19H,4-5,11-12,14H2,1-2H3. The molecule has 1 saturated heterocycles. The van der Waals surface area contributed by atoms with Crippen molar-refractivity contribution in [3.8, 4) is 11.5 Å². The number of carbonyl (C=O) groups excluding carboxylic acids is 3. The van der Waals surface area contributed by atoms with E-state index in [2.05, 4.69) is 0 Å². The molecule has 0 N–H and O–H groups in total. The van der Waals surface area contributed by atoms with Crippen LogP contribution in [0.2, 0.25) is 0 Å². The average Bonchev–Trinajstić information content (AvgIpc) is 3.60. The van der Waals surface area contributed by atoms with Gasteiger partial charge >= 0.3 is 0 Å². The lowest BCUT2D eigenvalue weighted by atomic mass is 10.1. The van der Waals surface area contributed by atoms with Gasteiger partial charge in [-0.15, -0.1) is 0 Å². The highest BCUT2D eigenvalue weighted by atomic mass is 19.1. The molecule has 1 aliphatic carbocycles. The van der Waals surface area contributed by atoms with Crippen molar-refractivity contribution in [3.63, 3.8) is 0 Å². The smallest absolute Gasteiger partial charge is 0.257 e. The second kappa shape index (κ2) is 8.98. The molecule has 2 aromatic rings. The minimum absolute atomic E-state index is 0.0827. The number of hydrogen-bond acceptors (Lipinski definition) is 5. The van der Waals surface area contributed by atoms with E-state index in [0.717, 1.165) is 23.3 Å². The molecule has 0 spiro atoms. The lowest BCUT2D eigenvalue weighted by Gasteiger charge is -2.28. The maximum Gasteiger partial charge on any atom is 0.257 e. The summed E-state index contributed by atoms with van der Waals surface area (Å²) in [6.07, 6.45) is 2.00. The van der Waals surface area contributed by atoms with Gasteiger partial charge in [-0.3, -0.25) is 14.4 Å². The number of amides is 3. The molecule has 1 aliphatic heterocycles. The molecule has 7 nitrogen and oxygen atoms in total. The van der Waals surface area contributed by atoms with Crippen molar-refractivity contribution >= 4 is 23.4 Å². The number of carbonyl (C=O) groups is 3. The van der Waals surface area contributed by atoms with Crippen molar-refractivity contribution in [1.82, 2.24) is 4.90 Å². The van der Waals surface area contributed by atoms with E-state index in [1.54, 1.807) is 20.3 Å². The average molecular weight is 440 g/mol. The van der Waals surface area contributed by atoms with Crippen LogP contribution in [0.3, 0.4) is 0 Å². The fraction of sp³-hybridized carbons (Fsp3) is 0.375.